The van der Waals surface area contributed by atoms with Gasteiger partial charge in [0.25, 0.3) is 5.91 Å². The number of amides is 1. The number of aromatic nitrogens is 6. The lowest BCUT2D eigenvalue weighted by Crippen LogP contribution is -2.14. The van der Waals surface area contributed by atoms with Gasteiger partial charge in [-0.05, 0) is 49.4 Å². The molecule has 134 valence electrons. The molecule has 2 aromatic carbocycles. The summed E-state index contributed by atoms with van der Waals surface area (Å²) in [7, 11) is 0. The zero-order valence-electron chi connectivity index (χ0n) is 14.2. The largest absolute Gasteiger partial charge is 0.321 e. The van der Waals surface area contributed by atoms with Crippen molar-refractivity contribution in [3.63, 3.8) is 0 Å². The van der Waals surface area contributed by atoms with E-state index in [1.54, 1.807) is 49.6 Å². The Morgan fingerprint density at radius 1 is 0.963 bits per heavy atom. The van der Waals surface area contributed by atoms with Gasteiger partial charge in [-0.1, -0.05) is 17.7 Å². The van der Waals surface area contributed by atoms with Crippen molar-refractivity contribution in [1.82, 2.24) is 30.0 Å². The van der Waals surface area contributed by atoms with E-state index in [-0.39, 0.29) is 11.6 Å². The van der Waals surface area contributed by atoms with Gasteiger partial charge in [-0.25, -0.2) is 0 Å². The van der Waals surface area contributed by atoms with E-state index in [0.29, 0.717) is 22.1 Å². The lowest BCUT2D eigenvalue weighted by atomic mass is 10.2. The normalized spacial score (nSPS) is 10.7. The van der Waals surface area contributed by atoms with Gasteiger partial charge in [0, 0.05) is 10.7 Å². The maximum Gasteiger partial charge on any atom is 0.278 e. The van der Waals surface area contributed by atoms with Gasteiger partial charge in [0.2, 0.25) is 0 Å². The molecule has 0 aliphatic rings. The molecule has 0 bridgehead atoms. The van der Waals surface area contributed by atoms with Gasteiger partial charge in [-0.2, -0.15) is 24.9 Å². The van der Waals surface area contributed by atoms with Crippen LogP contribution in [-0.4, -0.2) is 35.9 Å². The second kappa shape index (κ2) is 7.00. The zero-order valence-corrected chi connectivity index (χ0v) is 15.0. The van der Waals surface area contributed by atoms with Crippen molar-refractivity contribution in [1.29, 1.82) is 0 Å². The van der Waals surface area contributed by atoms with Gasteiger partial charge >= 0.3 is 0 Å². The third-order valence-electron chi connectivity index (χ3n) is 3.81. The zero-order chi connectivity index (χ0) is 18.8. The standard InChI is InChI=1S/C18H14ClN7O/c1-12-17(24-26(23-12)16-4-2-3-13(19)11-16)18(27)22-14-5-7-15(8-6-14)25-20-9-10-21-25/h2-11H,1H3,(H,22,27). The Morgan fingerprint density at radius 2 is 1.70 bits per heavy atom. The highest BCUT2D eigenvalue weighted by Crippen LogP contribution is 2.16. The highest BCUT2D eigenvalue weighted by Gasteiger charge is 2.17. The van der Waals surface area contributed by atoms with Crippen LogP contribution in [0.2, 0.25) is 5.02 Å². The Balaban J connectivity index is 1.53. The number of aryl methyl sites for hydroxylation is 1. The van der Waals surface area contributed by atoms with E-state index in [1.807, 2.05) is 18.2 Å². The van der Waals surface area contributed by atoms with E-state index in [1.165, 1.54) is 9.59 Å². The molecule has 0 unspecified atom stereocenters. The average molecular weight is 380 g/mol. The van der Waals surface area contributed by atoms with Crippen LogP contribution in [0.4, 0.5) is 5.69 Å². The molecular formula is C18H14ClN7O. The second-order valence-corrected chi connectivity index (χ2v) is 6.16. The number of hydrogen-bond donors (Lipinski definition) is 1. The number of nitrogens with zero attached hydrogens (tertiary/aromatic N) is 6. The molecule has 0 spiro atoms. The molecule has 4 rings (SSSR count). The topological polar surface area (TPSA) is 90.5 Å². The summed E-state index contributed by atoms with van der Waals surface area (Å²) >= 11 is 6.00. The average Bonchev–Trinajstić information content (AvgIpc) is 3.32. The van der Waals surface area contributed by atoms with Crippen LogP contribution in [0.1, 0.15) is 16.2 Å². The summed E-state index contributed by atoms with van der Waals surface area (Å²) in [5.74, 6) is -0.342. The fourth-order valence-corrected chi connectivity index (χ4v) is 2.71. The summed E-state index contributed by atoms with van der Waals surface area (Å²) in [6.07, 6.45) is 3.20. The van der Waals surface area contributed by atoms with E-state index in [4.69, 9.17) is 11.6 Å². The Labute approximate surface area is 159 Å². The van der Waals surface area contributed by atoms with Crippen molar-refractivity contribution in [2.45, 2.75) is 6.92 Å². The molecule has 8 nitrogen and oxygen atoms in total. The predicted molar refractivity (Wildman–Crippen MR) is 100 cm³/mol. The van der Waals surface area contributed by atoms with Gasteiger partial charge in [-0.3, -0.25) is 4.79 Å². The molecule has 2 aromatic heterocycles. The molecule has 0 saturated carbocycles. The highest BCUT2D eigenvalue weighted by molar-refractivity contribution is 6.30. The fraction of sp³-hybridized carbons (Fsp3) is 0.0556. The SMILES string of the molecule is Cc1nn(-c2cccc(Cl)c2)nc1C(=O)Nc1ccc(-n2nccn2)cc1. The van der Waals surface area contributed by atoms with E-state index >= 15 is 0 Å². The molecule has 0 atom stereocenters. The number of rotatable bonds is 4. The number of halogens is 1. The van der Waals surface area contributed by atoms with Crippen molar-refractivity contribution in [2.24, 2.45) is 0 Å². The van der Waals surface area contributed by atoms with Gasteiger partial charge < -0.3 is 5.32 Å². The van der Waals surface area contributed by atoms with Gasteiger partial charge in [0.1, 0.15) is 0 Å². The third kappa shape index (κ3) is 3.56. The van der Waals surface area contributed by atoms with Crippen LogP contribution in [-0.2, 0) is 0 Å². The fourth-order valence-electron chi connectivity index (χ4n) is 2.52. The lowest BCUT2D eigenvalue weighted by molar-refractivity contribution is 0.102. The van der Waals surface area contributed by atoms with Gasteiger partial charge in [0.15, 0.2) is 5.69 Å². The van der Waals surface area contributed by atoms with Crippen LogP contribution in [0.3, 0.4) is 0 Å². The number of hydrogen-bond acceptors (Lipinski definition) is 5. The number of benzene rings is 2. The molecule has 2 heterocycles. The molecule has 0 aliphatic heterocycles. The molecule has 9 heteroatoms. The first-order valence-corrected chi connectivity index (χ1v) is 8.46. The van der Waals surface area contributed by atoms with Crippen LogP contribution in [0, 0.1) is 6.92 Å². The van der Waals surface area contributed by atoms with Crippen LogP contribution in [0.5, 0.6) is 0 Å². The Bertz CT molecular complexity index is 1090. The Hall–Kier alpha value is -3.52. The first-order chi connectivity index (χ1) is 13.1. The minimum absolute atomic E-state index is 0.243. The lowest BCUT2D eigenvalue weighted by Gasteiger charge is -2.05. The van der Waals surface area contributed by atoms with Gasteiger partial charge in [0.05, 0.1) is 29.5 Å². The smallest absolute Gasteiger partial charge is 0.278 e. The summed E-state index contributed by atoms with van der Waals surface area (Å²) in [6, 6.07) is 14.3. The molecule has 27 heavy (non-hydrogen) atoms. The summed E-state index contributed by atoms with van der Waals surface area (Å²) in [6.45, 7) is 1.73. The molecule has 4 aromatic rings. The van der Waals surface area contributed by atoms with E-state index in [0.717, 1.165) is 5.69 Å². The summed E-state index contributed by atoms with van der Waals surface area (Å²) in [4.78, 5) is 15.5. The van der Waals surface area contributed by atoms with Crippen molar-refractivity contribution in [3.8, 4) is 11.4 Å². The quantitative estimate of drug-likeness (QED) is 0.588. The predicted octanol–water partition coefficient (Wildman–Crippen LogP) is 3.06. The number of carbonyl (C=O) groups is 1. The molecule has 1 amide bonds. The summed E-state index contributed by atoms with van der Waals surface area (Å²) in [5.41, 5.74) is 2.87. The summed E-state index contributed by atoms with van der Waals surface area (Å²) in [5, 5.41) is 20.1. The number of anilines is 1. The highest BCUT2D eigenvalue weighted by atomic mass is 35.5. The minimum Gasteiger partial charge on any atom is -0.321 e. The third-order valence-corrected chi connectivity index (χ3v) is 4.05. The van der Waals surface area contributed by atoms with Crippen LogP contribution < -0.4 is 5.32 Å². The molecule has 0 saturated heterocycles. The molecule has 0 radical (unpaired) electrons. The molecule has 0 aliphatic carbocycles. The maximum absolute atomic E-state index is 12.6. The molecular weight excluding hydrogens is 366 g/mol. The first kappa shape index (κ1) is 16.9. The first-order valence-electron chi connectivity index (χ1n) is 8.08. The van der Waals surface area contributed by atoms with Gasteiger partial charge in [-0.15, -0.1) is 5.10 Å². The van der Waals surface area contributed by atoms with Crippen LogP contribution >= 0.6 is 11.6 Å². The van der Waals surface area contributed by atoms with Crippen molar-refractivity contribution >= 4 is 23.2 Å². The van der Waals surface area contributed by atoms with Crippen molar-refractivity contribution in [2.75, 3.05) is 5.32 Å². The van der Waals surface area contributed by atoms with Crippen LogP contribution in [0.25, 0.3) is 11.4 Å². The van der Waals surface area contributed by atoms with E-state index < -0.39 is 0 Å². The molecule has 1 N–H and O–H groups in total. The van der Waals surface area contributed by atoms with Crippen LogP contribution in [0.15, 0.2) is 60.9 Å². The second-order valence-electron chi connectivity index (χ2n) is 5.72. The monoisotopic (exact) mass is 379 g/mol. The summed E-state index contributed by atoms with van der Waals surface area (Å²) < 4.78 is 0. The molecule has 0 fully saturated rings. The number of carbonyl (C=O) groups excluding carboxylic acids is 1. The Kier molecular flexibility index (Phi) is 4.39. The van der Waals surface area contributed by atoms with E-state index in [9.17, 15) is 4.79 Å². The maximum atomic E-state index is 12.6. The minimum atomic E-state index is -0.342. The van der Waals surface area contributed by atoms with Crippen molar-refractivity contribution in [3.05, 3.63) is 77.3 Å². The van der Waals surface area contributed by atoms with Crippen molar-refractivity contribution < 1.29 is 4.79 Å². The number of nitrogens with one attached hydrogen (secondary N) is 1. The Morgan fingerprint density at radius 3 is 2.41 bits per heavy atom. The van der Waals surface area contributed by atoms with E-state index in [2.05, 4.69) is 25.7 Å².